The van der Waals surface area contributed by atoms with E-state index in [-0.39, 0.29) is 23.8 Å². The van der Waals surface area contributed by atoms with Crippen LogP contribution in [0.25, 0.3) is 11.4 Å². The van der Waals surface area contributed by atoms with Crippen LogP contribution in [0, 0.1) is 0 Å². The van der Waals surface area contributed by atoms with E-state index in [1.54, 1.807) is 18.2 Å². The van der Waals surface area contributed by atoms with Crippen LogP contribution in [0.1, 0.15) is 41.3 Å². The van der Waals surface area contributed by atoms with Crippen molar-refractivity contribution in [1.29, 1.82) is 0 Å². The van der Waals surface area contributed by atoms with Crippen LogP contribution in [-0.2, 0) is 6.54 Å². The van der Waals surface area contributed by atoms with E-state index in [9.17, 15) is 14.7 Å². The van der Waals surface area contributed by atoms with Crippen molar-refractivity contribution in [3.05, 3.63) is 69.6 Å². The summed E-state index contributed by atoms with van der Waals surface area (Å²) in [6.07, 6.45) is 0. The zero-order chi connectivity index (χ0) is 18.8. The summed E-state index contributed by atoms with van der Waals surface area (Å²) in [5.74, 6) is -0.377. The highest BCUT2D eigenvalue weighted by Gasteiger charge is 2.16. The smallest absolute Gasteiger partial charge is 0.343 e. The molecule has 0 bridgehead atoms. The summed E-state index contributed by atoms with van der Waals surface area (Å²) in [6.45, 7) is 4.28. The number of benzene rings is 2. The number of phenolic OH excluding ortho intramolecular Hbond substituents is 1. The minimum absolute atomic E-state index is 0.0378. The first-order valence-corrected chi connectivity index (χ1v) is 8.17. The number of hydrogen-bond acceptors (Lipinski definition) is 4. The fourth-order valence-corrected chi connectivity index (χ4v) is 2.70. The summed E-state index contributed by atoms with van der Waals surface area (Å²) in [5.41, 5.74) is 2.01. The molecule has 134 valence electrons. The lowest BCUT2D eigenvalue weighted by atomic mass is 10.00. The van der Waals surface area contributed by atoms with Gasteiger partial charge in [0.25, 0.3) is 0 Å². The van der Waals surface area contributed by atoms with Crippen molar-refractivity contribution in [2.45, 2.75) is 26.3 Å². The van der Waals surface area contributed by atoms with E-state index in [4.69, 9.17) is 5.11 Å². The lowest BCUT2D eigenvalue weighted by Crippen LogP contribution is -2.18. The van der Waals surface area contributed by atoms with E-state index < -0.39 is 11.7 Å². The van der Waals surface area contributed by atoms with Gasteiger partial charge in [-0.05, 0) is 41.3 Å². The van der Waals surface area contributed by atoms with Gasteiger partial charge in [0.2, 0.25) is 0 Å². The van der Waals surface area contributed by atoms with Crippen LogP contribution in [0.3, 0.4) is 0 Å². The van der Waals surface area contributed by atoms with Crippen molar-refractivity contribution >= 4 is 5.97 Å². The number of aromatic nitrogens is 3. The SMILES string of the molecule is CC(C)c1ccc(O)c(-c2n[nH]c(=O)n2Cc2ccc(C(=O)O)cc2)c1. The molecule has 0 aliphatic heterocycles. The number of nitrogens with one attached hydrogen (secondary N) is 1. The highest BCUT2D eigenvalue weighted by atomic mass is 16.4. The number of aromatic amines is 1. The fourth-order valence-electron chi connectivity index (χ4n) is 2.70. The van der Waals surface area contributed by atoms with Crippen molar-refractivity contribution in [2.24, 2.45) is 0 Å². The Hall–Kier alpha value is -3.35. The average molecular weight is 353 g/mol. The van der Waals surface area contributed by atoms with Crippen molar-refractivity contribution in [1.82, 2.24) is 14.8 Å². The summed E-state index contributed by atoms with van der Waals surface area (Å²) in [7, 11) is 0. The number of H-pyrrole nitrogens is 1. The second-order valence-electron chi connectivity index (χ2n) is 6.37. The molecule has 0 spiro atoms. The van der Waals surface area contributed by atoms with Crippen LogP contribution in [0.4, 0.5) is 0 Å². The predicted molar refractivity (Wildman–Crippen MR) is 96.5 cm³/mol. The quantitative estimate of drug-likeness (QED) is 0.654. The van der Waals surface area contributed by atoms with Crippen molar-refractivity contribution in [2.75, 3.05) is 0 Å². The normalized spacial score (nSPS) is 11.0. The van der Waals surface area contributed by atoms with E-state index in [1.165, 1.54) is 16.7 Å². The van der Waals surface area contributed by atoms with Gasteiger partial charge >= 0.3 is 11.7 Å². The number of aromatic carboxylic acids is 1. The molecule has 0 aliphatic carbocycles. The molecule has 3 N–H and O–H groups in total. The van der Waals surface area contributed by atoms with Gasteiger partial charge in [0.1, 0.15) is 5.75 Å². The molecule has 3 aromatic rings. The standard InChI is InChI=1S/C19H19N3O4/c1-11(2)14-7-8-16(23)15(9-14)17-20-21-19(26)22(17)10-12-3-5-13(6-4-12)18(24)25/h3-9,11,23H,10H2,1-2H3,(H,21,26)(H,24,25). The Balaban J connectivity index is 2.01. The van der Waals surface area contributed by atoms with E-state index in [0.717, 1.165) is 11.1 Å². The molecule has 7 nitrogen and oxygen atoms in total. The summed E-state index contributed by atoms with van der Waals surface area (Å²) < 4.78 is 1.41. The largest absolute Gasteiger partial charge is 0.507 e. The Kier molecular flexibility index (Phi) is 4.62. The summed E-state index contributed by atoms with van der Waals surface area (Å²) in [6, 6.07) is 11.5. The second kappa shape index (κ2) is 6.87. The van der Waals surface area contributed by atoms with Crippen molar-refractivity contribution in [3.63, 3.8) is 0 Å². The third kappa shape index (κ3) is 3.37. The lowest BCUT2D eigenvalue weighted by Gasteiger charge is -2.11. The Bertz CT molecular complexity index is 1000. The molecule has 0 saturated heterocycles. The average Bonchev–Trinajstić information content (AvgIpc) is 2.96. The van der Waals surface area contributed by atoms with Crippen LogP contribution in [-0.4, -0.2) is 30.9 Å². The topological polar surface area (TPSA) is 108 Å². The molecule has 0 unspecified atom stereocenters. The zero-order valence-corrected chi connectivity index (χ0v) is 14.4. The molecule has 0 aliphatic rings. The van der Waals surface area contributed by atoms with Crippen molar-refractivity contribution in [3.8, 4) is 17.1 Å². The number of carboxylic acid groups (broad SMARTS) is 1. The molecule has 2 aromatic carbocycles. The molecule has 0 atom stereocenters. The molecular weight excluding hydrogens is 334 g/mol. The van der Waals surface area contributed by atoms with E-state index in [0.29, 0.717) is 11.4 Å². The number of carbonyl (C=O) groups is 1. The van der Waals surface area contributed by atoms with Crippen LogP contribution in [0.15, 0.2) is 47.3 Å². The Morgan fingerprint density at radius 2 is 1.88 bits per heavy atom. The summed E-state index contributed by atoms with van der Waals surface area (Å²) in [5, 5.41) is 25.7. The Morgan fingerprint density at radius 3 is 2.50 bits per heavy atom. The molecule has 0 saturated carbocycles. The van der Waals surface area contributed by atoms with Crippen LogP contribution in [0.5, 0.6) is 5.75 Å². The number of carboxylic acids is 1. The predicted octanol–water partition coefficient (Wildman–Crippen LogP) is 2.81. The van der Waals surface area contributed by atoms with Crippen LogP contribution >= 0.6 is 0 Å². The monoisotopic (exact) mass is 353 g/mol. The lowest BCUT2D eigenvalue weighted by molar-refractivity contribution is 0.0697. The molecule has 0 radical (unpaired) electrons. The highest BCUT2D eigenvalue weighted by Crippen LogP contribution is 2.30. The molecule has 0 amide bonds. The molecule has 1 aromatic heterocycles. The molecule has 1 heterocycles. The molecular formula is C19H19N3O4. The van der Waals surface area contributed by atoms with Gasteiger partial charge in [-0.15, -0.1) is 0 Å². The van der Waals surface area contributed by atoms with E-state index in [2.05, 4.69) is 10.2 Å². The number of rotatable bonds is 5. The Labute approximate surface area is 149 Å². The number of aromatic hydroxyl groups is 1. The van der Waals surface area contributed by atoms with E-state index >= 15 is 0 Å². The second-order valence-corrected chi connectivity index (χ2v) is 6.37. The summed E-state index contributed by atoms with van der Waals surface area (Å²) >= 11 is 0. The third-order valence-electron chi connectivity index (χ3n) is 4.23. The third-order valence-corrected chi connectivity index (χ3v) is 4.23. The van der Waals surface area contributed by atoms with Gasteiger partial charge in [0.05, 0.1) is 17.7 Å². The van der Waals surface area contributed by atoms with Gasteiger partial charge in [-0.25, -0.2) is 14.7 Å². The first-order chi connectivity index (χ1) is 12.4. The molecule has 3 rings (SSSR count). The number of phenols is 1. The van der Waals surface area contributed by atoms with E-state index in [1.807, 2.05) is 26.0 Å². The fraction of sp³-hybridized carbons (Fsp3) is 0.211. The highest BCUT2D eigenvalue weighted by molar-refractivity contribution is 5.87. The van der Waals surface area contributed by atoms with Crippen molar-refractivity contribution < 1.29 is 15.0 Å². The van der Waals surface area contributed by atoms with Crippen LogP contribution < -0.4 is 5.69 Å². The molecule has 0 fully saturated rings. The number of nitrogens with zero attached hydrogens (tertiary/aromatic N) is 2. The van der Waals surface area contributed by atoms with Crippen LogP contribution in [0.2, 0.25) is 0 Å². The van der Waals surface area contributed by atoms with Gasteiger partial charge in [0, 0.05) is 0 Å². The van der Waals surface area contributed by atoms with Gasteiger partial charge in [-0.1, -0.05) is 32.0 Å². The summed E-state index contributed by atoms with van der Waals surface area (Å²) in [4.78, 5) is 23.1. The molecule has 7 heteroatoms. The maximum atomic E-state index is 12.2. The molecule has 26 heavy (non-hydrogen) atoms. The first-order valence-electron chi connectivity index (χ1n) is 8.17. The minimum Gasteiger partial charge on any atom is -0.507 e. The minimum atomic E-state index is -1.01. The maximum absolute atomic E-state index is 12.2. The van der Waals surface area contributed by atoms with Gasteiger partial charge in [-0.2, -0.15) is 5.10 Å². The maximum Gasteiger partial charge on any atom is 0.343 e. The van der Waals surface area contributed by atoms with Gasteiger partial charge < -0.3 is 10.2 Å². The zero-order valence-electron chi connectivity index (χ0n) is 14.4. The van der Waals surface area contributed by atoms with Gasteiger partial charge in [0.15, 0.2) is 5.82 Å². The van der Waals surface area contributed by atoms with Gasteiger partial charge in [-0.3, -0.25) is 4.57 Å². The first kappa shape index (κ1) is 17.5. The number of hydrogen-bond donors (Lipinski definition) is 3. The Morgan fingerprint density at radius 1 is 1.19 bits per heavy atom.